The third-order valence-corrected chi connectivity index (χ3v) is 3.14. The lowest BCUT2D eigenvalue weighted by Gasteiger charge is -2.33. The van der Waals surface area contributed by atoms with Crippen LogP contribution in [0.25, 0.3) is 0 Å². The smallest absolute Gasteiger partial charge is 0.240 e. The van der Waals surface area contributed by atoms with Crippen molar-refractivity contribution in [2.45, 2.75) is 45.7 Å². The molecule has 0 aliphatic carbocycles. The van der Waals surface area contributed by atoms with Crippen molar-refractivity contribution in [2.24, 2.45) is 5.41 Å². The number of carbonyl (C=O) groups excluding carboxylic acids is 2. The largest absolute Gasteiger partial charge is 0.332 e. The van der Waals surface area contributed by atoms with Crippen LogP contribution in [0.4, 0.5) is 0 Å². The van der Waals surface area contributed by atoms with E-state index in [1.54, 1.807) is 11.9 Å². The second kappa shape index (κ2) is 4.95. The summed E-state index contributed by atoms with van der Waals surface area (Å²) in [7, 11) is 1.79. The molecule has 1 fully saturated rings. The number of nitrogens with one attached hydrogen (secondary N) is 1. The lowest BCUT2D eigenvalue weighted by Crippen LogP contribution is -2.53. The van der Waals surface area contributed by atoms with Gasteiger partial charge in [0.1, 0.15) is 6.29 Å². The summed E-state index contributed by atoms with van der Waals surface area (Å²) in [6.07, 6.45) is 2.62. The first-order chi connectivity index (χ1) is 7.41. The minimum atomic E-state index is -0.229. The van der Waals surface area contributed by atoms with E-state index in [0.29, 0.717) is 6.54 Å². The zero-order chi connectivity index (χ0) is 12.3. The fourth-order valence-electron chi connectivity index (χ4n) is 2.30. The van der Waals surface area contributed by atoms with Crippen molar-refractivity contribution >= 4 is 12.2 Å². The van der Waals surface area contributed by atoms with Crippen molar-refractivity contribution < 1.29 is 9.59 Å². The van der Waals surface area contributed by atoms with Gasteiger partial charge >= 0.3 is 0 Å². The van der Waals surface area contributed by atoms with Crippen LogP contribution in [0, 0.1) is 5.41 Å². The lowest BCUT2D eigenvalue weighted by atomic mass is 9.86. The van der Waals surface area contributed by atoms with E-state index in [-0.39, 0.29) is 23.4 Å². The van der Waals surface area contributed by atoms with E-state index in [1.165, 1.54) is 0 Å². The molecule has 1 amide bonds. The molecule has 4 heteroatoms. The van der Waals surface area contributed by atoms with Crippen LogP contribution >= 0.6 is 0 Å². The van der Waals surface area contributed by atoms with Gasteiger partial charge in [0, 0.05) is 6.54 Å². The molecule has 1 aliphatic heterocycles. The Morgan fingerprint density at radius 3 is 2.56 bits per heavy atom. The van der Waals surface area contributed by atoms with Gasteiger partial charge in [0.15, 0.2) is 0 Å². The molecule has 0 radical (unpaired) electrons. The first kappa shape index (κ1) is 13.2. The van der Waals surface area contributed by atoms with Gasteiger partial charge in [0.2, 0.25) is 5.91 Å². The van der Waals surface area contributed by atoms with Gasteiger partial charge in [-0.05, 0) is 25.3 Å². The number of carbonyl (C=O) groups is 2. The van der Waals surface area contributed by atoms with Crippen molar-refractivity contribution in [1.82, 2.24) is 10.2 Å². The Bertz CT molecular complexity index is 271. The van der Waals surface area contributed by atoms with Crippen LogP contribution in [0.3, 0.4) is 0 Å². The van der Waals surface area contributed by atoms with Crippen molar-refractivity contribution in [3.63, 3.8) is 0 Å². The minimum absolute atomic E-state index is 0.0459. The third-order valence-electron chi connectivity index (χ3n) is 3.14. The minimum Gasteiger partial charge on any atom is -0.332 e. The van der Waals surface area contributed by atoms with Crippen LogP contribution in [0.2, 0.25) is 0 Å². The molecule has 0 spiro atoms. The monoisotopic (exact) mass is 226 g/mol. The number of amides is 1. The van der Waals surface area contributed by atoms with E-state index in [4.69, 9.17) is 0 Å². The fourth-order valence-corrected chi connectivity index (χ4v) is 2.30. The summed E-state index contributed by atoms with van der Waals surface area (Å²) >= 11 is 0. The first-order valence-electron chi connectivity index (χ1n) is 5.85. The zero-order valence-corrected chi connectivity index (χ0v) is 10.6. The Morgan fingerprint density at radius 2 is 2.12 bits per heavy atom. The third kappa shape index (κ3) is 2.61. The second-order valence-electron chi connectivity index (χ2n) is 5.47. The molecule has 16 heavy (non-hydrogen) atoms. The topological polar surface area (TPSA) is 49.4 Å². The Balaban J connectivity index is 2.79. The number of likely N-dealkylation sites (N-methyl/N-ethyl adjacent to an activating group) is 1. The molecule has 0 aromatic heterocycles. The average molecular weight is 226 g/mol. The quantitative estimate of drug-likeness (QED) is 0.725. The van der Waals surface area contributed by atoms with E-state index in [0.717, 1.165) is 19.1 Å². The predicted octanol–water partition coefficient (Wildman–Crippen LogP) is 0.810. The SMILES string of the molecule is CN[C@H](C(=O)N1CCCC1C=O)C(C)(C)C. The summed E-state index contributed by atoms with van der Waals surface area (Å²) in [5.41, 5.74) is -0.137. The predicted molar refractivity (Wildman–Crippen MR) is 63.1 cm³/mol. The summed E-state index contributed by atoms with van der Waals surface area (Å²) in [4.78, 5) is 24.9. The van der Waals surface area contributed by atoms with Gasteiger partial charge < -0.3 is 15.0 Å². The van der Waals surface area contributed by atoms with Gasteiger partial charge in [-0.15, -0.1) is 0 Å². The molecule has 1 heterocycles. The average Bonchev–Trinajstić information content (AvgIpc) is 2.63. The van der Waals surface area contributed by atoms with Crippen LogP contribution < -0.4 is 5.32 Å². The Labute approximate surface area is 97.4 Å². The lowest BCUT2D eigenvalue weighted by molar-refractivity contribution is -0.138. The Hall–Kier alpha value is -0.900. The van der Waals surface area contributed by atoms with Crippen molar-refractivity contribution in [2.75, 3.05) is 13.6 Å². The van der Waals surface area contributed by atoms with Crippen LogP contribution in [-0.4, -0.2) is 42.8 Å². The maximum Gasteiger partial charge on any atom is 0.240 e. The summed E-state index contributed by atoms with van der Waals surface area (Å²) in [6.45, 7) is 6.78. The van der Waals surface area contributed by atoms with Crippen molar-refractivity contribution in [1.29, 1.82) is 0 Å². The van der Waals surface area contributed by atoms with E-state index in [2.05, 4.69) is 5.32 Å². The Kier molecular flexibility index (Phi) is 4.08. The molecular weight excluding hydrogens is 204 g/mol. The molecular formula is C12H22N2O2. The van der Waals surface area contributed by atoms with Crippen LogP contribution in [0.15, 0.2) is 0 Å². The number of aldehydes is 1. The maximum atomic E-state index is 12.3. The molecule has 92 valence electrons. The second-order valence-corrected chi connectivity index (χ2v) is 5.47. The van der Waals surface area contributed by atoms with Gasteiger partial charge in [0.05, 0.1) is 12.1 Å². The summed E-state index contributed by atoms with van der Waals surface area (Å²) in [5.74, 6) is 0.0459. The van der Waals surface area contributed by atoms with Crippen molar-refractivity contribution in [3.8, 4) is 0 Å². The molecule has 1 N–H and O–H groups in total. The normalized spacial score (nSPS) is 23.2. The molecule has 4 nitrogen and oxygen atoms in total. The number of hydrogen-bond acceptors (Lipinski definition) is 3. The van der Waals surface area contributed by atoms with Crippen LogP contribution in [0.5, 0.6) is 0 Å². The number of nitrogens with zero attached hydrogens (tertiary/aromatic N) is 1. The highest BCUT2D eigenvalue weighted by Crippen LogP contribution is 2.24. The Morgan fingerprint density at radius 1 is 1.50 bits per heavy atom. The standard InChI is InChI=1S/C12H22N2O2/c1-12(2,3)10(13-4)11(16)14-7-5-6-9(14)8-15/h8-10,13H,5-7H2,1-4H3/t9?,10-/m1/s1. The van der Waals surface area contributed by atoms with Gasteiger partial charge in [-0.25, -0.2) is 0 Å². The van der Waals surface area contributed by atoms with Crippen LogP contribution in [0.1, 0.15) is 33.6 Å². The first-order valence-corrected chi connectivity index (χ1v) is 5.85. The van der Waals surface area contributed by atoms with Gasteiger partial charge in [-0.2, -0.15) is 0 Å². The number of hydrogen-bond donors (Lipinski definition) is 1. The highest BCUT2D eigenvalue weighted by molar-refractivity contribution is 5.85. The molecule has 0 saturated carbocycles. The molecule has 2 atom stereocenters. The van der Waals surface area contributed by atoms with Gasteiger partial charge in [0.25, 0.3) is 0 Å². The maximum absolute atomic E-state index is 12.3. The summed E-state index contributed by atoms with van der Waals surface area (Å²) in [5, 5.41) is 3.06. The van der Waals surface area contributed by atoms with E-state index in [9.17, 15) is 9.59 Å². The molecule has 1 rings (SSSR count). The van der Waals surface area contributed by atoms with Gasteiger partial charge in [-0.1, -0.05) is 20.8 Å². The fraction of sp³-hybridized carbons (Fsp3) is 0.833. The van der Waals surface area contributed by atoms with E-state index in [1.807, 2.05) is 20.8 Å². The zero-order valence-electron chi connectivity index (χ0n) is 10.6. The highest BCUT2D eigenvalue weighted by atomic mass is 16.2. The number of rotatable bonds is 3. The highest BCUT2D eigenvalue weighted by Gasteiger charge is 2.37. The van der Waals surface area contributed by atoms with Crippen molar-refractivity contribution in [3.05, 3.63) is 0 Å². The van der Waals surface area contributed by atoms with Gasteiger partial charge in [-0.3, -0.25) is 4.79 Å². The number of likely N-dealkylation sites (tertiary alicyclic amines) is 1. The van der Waals surface area contributed by atoms with E-state index < -0.39 is 0 Å². The molecule has 0 aromatic carbocycles. The summed E-state index contributed by atoms with van der Waals surface area (Å²) < 4.78 is 0. The molecule has 1 unspecified atom stereocenters. The van der Waals surface area contributed by atoms with E-state index >= 15 is 0 Å². The molecule has 0 bridgehead atoms. The molecule has 1 aliphatic rings. The molecule has 0 aromatic rings. The molecule has 1 saturated heterocycles. The summed E-state index contributed by atoms with van der Waals surface area (Å²) in [6, 6.07) is -0.446. The van der Waals surface area contributed by atoms with Crippen LogP contribution in [-0.2, 0) is 9.59 Å².